The molecule has 0 N–H and O–H groups in total. The summed E-state index contributed by atoms with van der Waals surface area (Å²) < 4.78 is 167. The first-order chi connectivity index (χ1) is 31.1. The highest BCUT2D eigenvalue weighted by Crippen LogP contribution is 2.33. The molecule has 0 fully saturated rings. The second kappa shape index (κ2) is 13.7. The lowest BCUT2D eigenvalue weighted by Crippen LogP contribution is -2.27. The topological polar surface area (TPSA) is 42.1 Å². The Kier molecular flexibility index (Phi) is 4.69. The van der Waals surface area contributed by atoms with Crippen molar-refractivity contribution in [1.29, 1.82) is 0 Å². The summed E-state index contributed by atoms with van der Waals surface area (Å²) in [6, 6.07) is 14.9. The van der Waals surface area contributed by atoms with Crippen LogP contribution in [-0.2, 0) is 51.7 Å². The van der Waals surface area contributed by atoms with E-state index in [1.54, 1.807) is 26.0 Å². The van der Waals surface area contributed by atoms with Crippen LogP contribution in [0, 0.1) is 27.6 Å². The van der Waals surface area contributed by atoms with Crippen molar-refractivity contribution in [1.82, 2.24) is 28.9 Å². The van der Waals surface area contributed by atoms with Gasteiger partial charge in [-0.25, -0.2) is 0 Å². The number of benzene rings is 2. The number of hydrogen-bond donors (Lipinski definition) is 0. The summed E-state index contributed by atoms with van der Waals surface area (Å²) in [5, 5.41) is 0.832. The number of aryl methyl sites for hydroxylation is 8. The van der Waals surface area contributed by atoms with E-state index in [0.29, 0.717) is 55.7 Å². The highest BCUT2D eigenvalue weighted by molar-refractivity contribution is 5.87. The molecular weight excluding hydrogens is 589 g/mol. The Morgan fingerprint density at radius 1 is 0.646 bits per heavy atom. The average Bonchev–Trinajstić information content (AvgIpc) is 3.75. The summed E-state index contributed by atoms with van der Waals surface area (Å²) in [4.78, 5) is 10.8. The van der Waals surface area contributed by atoms with Gasteiger partial charge in [0.15, 0.2) is 0 Å². The van der Waals surface area contributed by atoms with Crippen LogP contribution >= 0.6 is 0 Å². The summed E-state index contributed by atoms with van der Waals surface area (Å²) in [7, 11) is 0. The molecule has 6 aromatic rings. The SMILES string of the molecule is [2H]C([2H])([2H])c1ccc2c(c1)c1c(n2C([2H])([2H])C([2H])([2H])c2ccc(C)nc2)CCN(C([2H])([2H])[2H])C1.[2H]C([2H])([2H])c1ccc2c(c1)c1c(n2C([2H])([2H])C([2H])([2H])c2ccc(C)nc2)CCN(C([2H])([2H])[2H])C1. The minimum atomic E-state index is -2.58. The Labute approximate surface area is 314 Å². The van der Waals surface area contributed by atoms with Gasteiger partial charge in [-0.2, -0.15) is 0 Å². The lowest BCUT2D eigenvalue weighted by molar-refractivity contribution is 0.309. The Balaban J connectivity index is 0.000000201. The van der Waals surface area contributed by atoms with E-state index in [9.17, 15) is 0 Å². The molecule has 6 heteroatoms. The van der Waals surface area contributed by atoms with Crippen molar-refractivity contribution < 1.29 is 27.4 Å². The van der Waals surface area contributed by atoms with Gasteiger partial charge < -0.3 is 18.9 Å². The van der Waals surface area contributed by atoms with Crippen LogP contribution in [-0.4, -0.2) is 55.9 Å². The van der Waals surface area contributed by atoms with Crippen molar-refractivity contribution >= 4 is 21.8 Å². The van der Waals surface area contributed by atoms with E-state index >= 15 is 0 Å². The summed E-state index contributed by atoms with van der Waals surface area (Å²) in [5.74, 6) is 0. The molecule has 0 unspecified atom stereocenters. The van der Waals surface area contributed by atoms with E-state index in [1.807, 2.05) is 0 Å². The maximum Gasteiger partial charge on any atom is 0.0501 e. The number of pyridine rings is 2. The van der Waals surface area contributed by atoms with Gasteiger partial charge in [0.05, 0.1) is 5.48 Å². The molecule has 2 aromatic carbocycles. The maximum absolute atomic E-state index is 8.94. The fraction of sp³-hybridized carbons (Fsp3) is 0.381. The number of likely N-dealkylation sites (N-methyl/N-ethyl adjacent to an activating group) is 2. The summed E-state index contributed by atoms with van der Waals surface area (Å²) in [5.41, 5.74) is 4.16. The van der Waals surface area contributed by atoms with E-state index in [-0.39, 0.29) is 61.3 Å². The maximum atomic E-state index is 8.94. The molecule has 48 heavy (non-hydrogen) atoms. The number of aromatic nitrogens is 4. The third-order valence-electron chi connectivity index (χ3n) is 8.74. The van der Waals surface area contributed by atoms with Gasteiger partial charge in [0, 0.05) is 131 Å². The standard InChI is InChI=1S/2C21H25N3/c2*1-15-4-7-20-18(12-15)19-14-23(3)10-9-21(19)24(20)11-8-17-6-5-16(2)22-13-17/h2*4-7,12-13H,8-11,14H2,1-3H3/i2*1D3,3D3,8D2,11D2. The fourth-order valence-electron chi connectivity index (χ4n) is 6.30. The predicted molar refractivity (Wildman–Crippen MR) is 199 cm³/mol. The molecule has 6 nitrogen and oxygen atoms in total. The number of fused-ring (bicyclic) bond motifs is 6. The zero-order valence-electron chi connectivity index (χ0n) is 46.9. The van der Waals surface area contributed by atoms with E-state index in [4.69, 9.17) is 27.4 Å². The minimum Gasteiger partial charge on any atom is -0.344 e. The Morgan fingerprint density at radius 2 is 1.12 bits per heavy atom. The molecule has 8 rings (SSSR count). The van der Waals surface area contributed by atoms with Crippen molar-refractivity contribution in [3.8, 4) is 0 Å². The van der Waals surface area contributed by atoms with Gasteiger partial charge >= 0.3 is 0 Å². The molecule has 0 spiro atoms. The van der Waals surface area contributed by atoms with E-state index in [0.717, 1.165) is 0 Å². The van der Waals surface area contributed by atoms with Gasteiger partial charge in [-0.3, -0.25) is 9.97 Å². The molecule has 0 amide bonds. The van der Waals surface area contributed by atoms with Gasteiger partial charge in [-0.05, 0) is 113 Å². The summed E-state index contributed by atoms with van der Waals surface area (Å²) in [6.45, 7) is -11.0. The van der Waals surface area contributed by atoms with Gasteiger partial charge in [-0.15, -0.1) is 0 Å². The first-order valence-corrected chi connectivity index (χ1v) is 15.8. The quantitative estimate of drug-likeness (QED) is 0.183. The average molecular weight is 659 g/mol. The van der Waals surface area contributed by atoms with Crippen LogP contribution < -0.4 is 0 Å². The normalized spacial score (nSPS) is 23.4. The van der Waals surface area contributed by atoms with Gasteiger partial charge in [0.2, 0.25) is 0 Å². The van der Waals surface area contributed by atoms with Crippen molar-refractivity contribution in [2.75, 3.05) is 27.0 Å². The number of nitrogens with zero attached hydrogens (tertiary/aromatic N) is 6. The molecule has 6 heterocycles. The van der Waals surface area contributed by atoms with Gasteiger partial charge in [0.25, 0.3) is 0 Å². The van der Waals surface area contributed by atoms with Crippen LogP contribution in [0.15, 0.2) is 73.1 Å². The molecule has 248 valence electrons. The first-order valence-electron chi connectivity index (χ1n) is 25.8. The van der Waals surface area contributed by atoms with E-state index in [1.165, 1.54) is 79.9 Å². The zero-order chi connectivity index (χ0) is 50.5. The molecule has 0 atom stereocenters. The van der Waals surface area contributed by atoms with Crippen LogP contribution in [0.3, 0.4) is 0 Å². The largest absolute Gasteiger partial charge is 0.344 e. The smallest absolute Gasteiger partial charge is 0.0501 e. The predicted octanol–water partition coefficient (Wildman–Crippen LogP) is 7.77. The molecule has 0 saturated carbocycles. The molecule has 0 saturated heterocycles. The highest BCUT2D eigenvalue weighted by Gasteiger charge is 2.23. The van der Waals surface area contributed by atoms with Crippen LogP contribution in [0.5, 0.6) is 0 Å². The van der Waals surface area contributed by atoms with Crippen molar-refractivity contribution in [3.05, 3.63) is 129 Å². The van der Waals surface area contributed by atoms with E-state index < -0.39 is 53.4 Å². The Morgan fingerprint density at radius 3 is 1.52 bits per heavy atom. The zero-order valence-corrected chi connectivity index (χ0v) is 26.9. The second-order valence-electron chi connectivity index (χ2n) is 12.2. The van der Waals surface area contributed by atoms with E-state index in [2.05, 4.69) is 9.97 Å². The molecule has 0 bridgehead atoms. The number of hydrogen-bond acceptors (Lipinski definition) is 4. The lowest BCUT2D eigenvalue weighted by Gasteiger charge is -2.24. The van der Waals surface area contributed by atoms with Crippen molar-refractivity contribution in [3.63, 3.8) is 0 Å². The number of rotatable bonds is 6. The molecule has 2 aliphatic rings. The summed E-state index contributed by atoms with van der Waals surface area (Å²) in [6.07, 6.45) is -2.00. The second-order valence-corrected chi connectivity index (χ2v) is 12.2. The minimum absolute atomic E-state index is 0.0229. The van der Waals surface area contributed by atoms with Crippen LogP contribution in [0.1, 0.15) is 83.6 Å². The van der Waals surface area contributed by atoms with Crippen molar-refractivity contribution in [2.24, 2.45) is 0 Å². The van der Waals surface area contributed by atoms with Crippen LogP contribution in [0.4, 0.5) is 0 Å². The fourth-order valence-corrected chi connectivity index (χ4v) is 6.30. The van der Waals surface area contributed by atoms with Crippen molar-refractivity contribution in [2.45, 2.75) is 79.2 Å². The first kappa shape index (κ1) is 16.4. The molecule has 4 aromatic heterocycles. The molecular formula is C42H50N6. The lowest BCUT2D eigenvalue weighted by atomic mass is 10.0. The molecule has 2 aliphatic heterocycles. The monoisotopic (exact) mass is 659 g/mol. The third-order valence-corrected chi connectivity index (χ3v) is 8.74. The third kappa shape index (κ3) is 6.69. The summed E-state index contributed by atoms with van der Waals surface area (Å²) >= 11 is 0. The Hall–Kier alpha value is -4.26. The van der Waals surface area contributed by atoms with Crippen LogP contribution in [0.25, 0.3) is 21.8 Å². The molecule has 0 radical (unpaired) electrons. The van der Waals surface area contributed by atoms with Gasteiger partial charge in [0.1, 0.15) is 0 Å². The van der Waals surface area contributed by atoms with Gasteiger partial charge in [-0.1, -0.05) is 35.4 Å². The highest BCUT2D eigenvalue weighted by atomic mass is 15.1. The van der Waals surface area contributed by atoms with Crippen LogP contribution in [0.2, 0.25) is 0 Å². The Bertz CT molecular complexity index is 2640. The molecule has 0 aliphatic carbocycles.